The Labute approximate surface area is 83.1 Å². The van der Waals surface area contributed by atoms with Crippen LogP contribution in [0.5, 0.6) is 5.75 Å². The monoisotopic (exact) mass is 195 g/mol. The molecule has 1 saturated heterocycles. The van der Waals surface area contributed by atoms with E-state index in [0.29, 0.717) is 11.8 Å². The molecule has 0 spiro atoms. The normalized spacial score (nSPS) is 19.9. The third kappa shape index (κ3) is 2.04. The standard InChI is InChI=1S/C11H14FNO/c1-7(2)14-11-4-3-8(5-9(11)12)10-6-13-10/h3-5,7,10,13H,6H2,1-2H3. The lowest BCUT2D eigenvalue weighted by molar-refractivity contribution is 0.231. The summed E-state index contributed by atoms with van der Waals surface area (Å²) >= 11 is 0. The van der Waals surface area contributed by atoms with Gasteiger partial charge in [0.25, 0.3) is 0 Å². The molecule has 2 nitrogen and oxygen atoms in total. The zero-order chi connectivity index (χ0) is 10.1. The Morgan fingerprint density at radius 1 is 1.50 bits per heavy atom. The van der Waals surface area contributed by atoms with Gasteiger partial charge in [0, 0.05) is 12.6 Å². The van der Waals surface area contributed by atoms with Crippen molar-refractivity contribution in [1.29, 1.82) is 0 Å². The van der Waals surface area contributed by atoms with Crippen LogP contribution in [0.4, 0.5) is 4.39 Å². The molecule has 0 aromatic heterocycles. The van der Waals surface area contributed by atoms with Gasteiger partial charge < -0.3 is 10.1 Å². The molecule has 1 heterocycles. The lowest BCUT2D eigenvalue weighted by atomic mass is 10.1. The summed E-state index contributed by atoms with van der Waals surface area (Å²) < 4.78 is 18.8. The fraction of sp³-hybridized carbons (Fsp3) is 0.455. The SMILES string of the molecule is CC(C)Oc1ccc(C2CN2)cc1F. The lowest BCUT2D eigenvalue weighted by Crippen LogP contribution is -2.07. The van der Waals surface area contributed by atoms with E-state index >= 15 is 0 Å². The van der Waals surface area contributed by atoms with Crippen LogP contribution < -0.4 is 10.1 Å². The second kappa shape index (κ2) is 3.58. The molecular formula is C11H14FNO. The van der Waals surface area contributed by atoms with Crippen molar-refractivity contribution in [2.24, 2.45) is 0 Å². The average molecular weight is 195 g/mol. The van der Waals surface area contributed by atoms with E-state index in [1.807, 2.05) is 19.9 Å². The second-order valence-electron chi connectivity index (χ2n) is 3.82. The van der Waals surface area contributed by atoms with Gasteiger partial charge in [-0.15, -0.1) is 0 Å². The van der Waals surface area contributed by atoms with Crippen molar-refractivity contribution < 1.29 is 9.13 Å². The predicted octanol–water partition coefficient (Wildman–Crippen LogP) is 2.26. The molecule has 1 aliphatic heterocycles. The van der Waals surface area contributed by atoms with Gasteiger partial charge in [-0.1, -0.05) is 6.07 Å². The van der Waals surface area contributed by atoms with Crippen molar-refractivity contribution in [2.45, 2.75) is 26.0 Å². The minimum atomic E-state index is -0.273. The third-order valence-electron chi connectivity index (χ3n) is 2.13. The molecule has 0 saturated carbocycles. The maximum absolute atomic E-state index is 13.4. The summed E-state index contributed by atoms with van der Waals surface area (Å²) in [6.07, 6.45) is 0.00870. The van der Waals surface area contributed by atoms with E-state index in [0.717, 1.165) is 12.1 Å². The molecule has 1 unspecified atom stereocenters. The summed E-state index contributed by atoms with van der Waals surface area (Å²) in [4.78, 5) is 0. The zero-order valence-corrected chi connectivity index (χ0v) is 8.38. The van der Waals surface area contributed by atoms with E-state index in [9.17, 15) is 4.39 Å². The molecule has 14 heavy (non-hydrogen) atoms. The predicted molar refractivity (Wildman–Crippen MR) is 52.9 cm³/mol. The van der Waals surface area contributed by atoms with Crippen molar-refractivity contribution in [3.63, 3.8) is 0 Å². The quantitative estimate of drug-likeness (QED) is 0.750. The van der Waals surface area contributed by atoms with Gasteiger partial charge in [-0.05, 0) is 31.5 Å². The van der Waals surface area contributed by atoms with Gasteiger partial charge in [-0.25, -0.2) is 4.39 Å². The summed E-state index contributed by atoms with van der Waals surface area (Å²) in [6.45, 7) is 4.72. The Kier molecular flexibility index (Phi) is 2.42. The smallest absolute Gasteiger partial charge is 0.165 e. The largest absolute Gasteiger partial charge is 0.488 e. The van der Waals surface area contributed by atoms with Gasteiger partial charge >= 0.3 is 0 Å². The van der Waals surface area contributed by atoms with Crippen LogP contribution >= 0.6 is 0 Å². The zero-order valence-electron chi connectivity index (χ0n) is 8.38. The number of nitrogens with one attached hydrogen (secondary N) is 1. The van der Waals surface area contributed by atoms with Crippen LogP contribution in [-0.4, -0.2) is 12.6 Å². The number of benzene rings is 1. The van der Waals surface area contributed by atoms with Crippen LogP contribution in [-0.2, 0) is 0 Å². The Bertz CT molecular complexity index is 334. The fourth-order valence-electron chi connectivity index (χ4n) is 1.38. The third-order valence-corrected chi connectivity index (χ3v) is 2.13. The van der Waals surface area contributed by atoms with Crippen molar-refractivity contribution >= 4 is 0 Å². The van der Waals surface area contributed by atoms with E-state index in [4.69, 9.17) is 4.74 Å². The molecule has 1 aromatic carbocycles. The summed E-state index contributed by atoms with van der Waals surface area (Å²) in [6, 6.07) is 5.50. The summed E-state index contributed by atoms with van der Waals surface area (Å²) in [5, 5.41) is 3.13. The number of rotatable bonds is 3. The van der Waals surface area contributed by atoms with Crippen LogP contribution in [0.15, 0.2) is 18.2 Å². The van der Waals surface area contributed by atoms with E-state index < -0.39 is 0 Å². The highest BCUT2D eigenvalue weighted by Gasteiger charge is 2.23. The van der Waals surface area contributed by atoms with Crippen molar-refractivity contribution in [3.05, 3.63) is 29.6 Å². The Morgan fingerprint density at radius 3 is 2.71 bits per heavy atom. The summed E-state index contributed by atoms with van der Waals surface area (Å²) in [5.74, 6) is 0.0642. The van der Waals surface area contributed by atoms with E-state index in [-0.39, 0.29) is 11.9 Å². The highest BCUT2D eigenvalue weighted by atomic mass is 19.1. The van der Waals surface area contributed by atoms with E-state index in [1.165, 1.54) is 0 Å². The lowest BCUT2D eigenvalue weighted by Gasteiger charge is -2.10. The maximum atomic E-state index is 13.4. The number of halogens is 1. The average Bonchev–Trinajstić information content (AvgIpc) is 2.90. The molecule has 0 amide bonds. The first kappa shape index (κ1) is 9.46. The Balaban J connectivity index is 2.17. The minimum absolute atomic E-state index is 0.00870. The molecule has 76 valence electrons. The second-order valence-corrected chi connectivity index (χ2v) is 3.82. The summed E-state index contributed by atoms with van der Waals surface area (Å²) in [7, 11) is 0. The number of ether oxygens (including phenoxy) is 1. The highest BCUT2D eigenvalue weighted by Crippen LogP contribution is 2.26. The van der Waals surface area contributed by atoms with Crippen molar-refractivity contribution in [2.75, 3.05) is 6.54 Å². The van der Waals surface area contributed by atoms with Gasteiger partial charge in [0.2, 0.25) is 0 Å². The molecule has 1 aromatic rings. The van der Waals surface area contributed by atoms with Crippen LogP contribution in [0.3, 0.4) is 0 Å². The van der Waals surface area contributed by atoms with E-state index in [1.54, 1.807) is 12.1 Å². The van der Waals surface area contributed by atoms with Crippen molar-refractivity contribution in [1.82, 2.24) is 5.32 Å². The summed E-state index contributed by atoms with van der Waals surface area (Å²) in [5.41, 5.74) is 0.999. The fourth-order valence-corrected chi connectivity index (χ4v) is 1.38. The molecule has 1 fully saturated rings. The van der Waals surface area contributed by atoms with Gasteiger partial charge in [-0.3, -0.25) is 0 Å². The van der Waals surface area contributed by atoms with Gasteiger partial charge in [0.1, 0.15) is 0 Å². The van der Waals surface area contributed by atoms with Gasteiger partial charge in [0.15, 0.2) is 11.6 Å². The molecule has 1 aliphatic rings. The van der Waals surface area contributed by atoms with Crippen LogP contribution in [0.25, 0.3) is 0 Å². The molecule has 1 atom stereocenters. The van der Waals surface area contributed by atoms with Crippen LogP contribution in [0.1, 0.15) is 25.5 Å². The first-order chi connectivity index (χ1) is 6.66. The van der Waals surface area contributed by atoms with Crippen LogP contribution in [0.2, 0.25) is 0 Å². The first-order valence-electron chi connectivity index (χ1n) is 4.86. The molecular weight excluding hydrogens is 181 g/mol. The molecule has 0 aliphatic carbocycles. The molecule has 1 N–H and O–H groups in total. The molecule has 0 bridgehead atoms. The van der Waals surface area contributed by atoms with Crippen LogP contribution in [0, 0.1) is 5.82 Å². The topological polar surface area (TPSA) is 31.2 Å². The molecule has 2 rings (SSSR count). The maximum Gasteiger partial charge on any atom is 0.165 e. The minimum Gasteiger partial charge on any atom is -0.488 e. The number of hydrogen-bond donors (Lipinski definition) is 1. The Morgan fingerprint density at radius 2 is 2.21 bits per heavy atom. The highest BCUT2D eigenvalue weighted by molar-refractivity contribution is 5.33. The molecule has 0 radical (unpaired) electrons. The molecule has 3 heteroatoms. The first-order valence-corrected chi connectivity index (χ1v) is 4.86. The number of hydrogen-bond acceptors (Lipinski definition) is 2. The Hall–Kier alpha value is -1.09. The van der Waals surface area contributed by atoms with Crippen molar-refractivity contribution in [3.8, 4) is 5.75 Å². The van der Waals surface area contributed by atoms with E-state index in [2.05, 4.69) is 5.32 Å². The van der Waals surface area contributed by atoms with Gasteiger partial charge in [-0.2, -0.15) is 0 Å². The van der Waals surface area contributed by atoms with Gasteiger partial charge in [0.05, 0.1) is 6.10 Å².